The molecule has 0 unspecified atom stereocenters. The molecule has 0 saturated heterocycles. The molecule has 0 aliphatic heterocycles. The van der Waals surface area contributed by atoms with Crippen molar-refractivity contribution >= 4 is 5.69 Å². The molecule has 2 N–H and O–H groups in total. The normalized spacial score (nSPS) is 10.4. The van der Waals surface area contributed by atoms with E-state index in [1.807, 2.05) is 37.4 Å². The maximum atomic E-state index is 9.01. The van der Waals surface area contributed by atoms with Crippen molar-refractivity contribution in [3.05, 3.63) is 59.2 Å². The highest BCUT2D eigenvalue weighted by atomic mass is 16.5. The van der Waals surface area contributed by atoms with Crippen molar-refractivity contribution in [1.29, 1.82) is 5.26 Å². The third-order valence-corrected chi connectivity index (χ3v) is 3.25. The fourth-order valence-electron chi connectivity index (χ4n) is 2.32. The molecule has 2 aromatic rings. The van der Waals surface area contributed by atoms with E-state index < -0.39 is 0 Å². The van der Waals surface area contributed by atoms with E-state index in [1.165, 1.54) is 0 Å². The van der Waals surface area contributed by atoms with Crippen molar-refractivity contribution in [2.75, 3.05) is 19.9 Å². The van der Waals surface area contributed by atoms with Gasteiger partial charge in [-0.05, 0) is 42.9 Å². The number of nitrogens with two attached hydrogens (primary N) is 1. The van der Waals surface area contributed by atoms with Gasteiger partial charge < -0.3 is 10.5 Å². The lowest BCUT2D eigenvalue weighted by atomic mass is 10.1. The number of ether oxygens (including phenoxy) is 1. The smallest absolute Gasteiger partial charge is 0.123 e. The molecule has 0 fully saturated rings. The summed E-state index contributed by atoms with van der Waals surface area (Å²) in [6.07, 6.45) is 0. The summed E-state index contributed by atoms with van der Waals surface area (Å²) in [5.41, 5.74) is 9.37. The number of nitrogens with zero attached hydrogens (tertiary/aromatic N) is 2. The maximum absolute atomic E-state index is 9.01. The molecule has 0 bridgehead atoms. The molecule has 0 saturated carbocycles. The Hall–Kier alpha value is -2.51. The third-order valence-electron chi connectivity index (χ3n) is 3.25. The minimum atomic E-state index is 0.642. The Morgan fingerprint density at radius 1 is 1.19 bits per heavy atom. The first-order valence-corrected chi connectivity index (χ1v) is 6.72. The van der Waals surface area contributed by atoms with Crippen molar-refractivity contribution < 1.29 is 4.74 Å². The summed E-state index contributed by atoms with van der Waals surface area (Å²) in [6.45, 7) is 1.48. The standard InChI is InChI=1S/C17H19N3O/c1-20(11-14-4-3-5-16(19)9-14)12-15-8-13(10-18)6-7-17(15)21-2/h3-9H,11-12,19H2,1-2H3. The molecule has 2 aromatic carbocycles. The molecular weight excluding hydrogens is 262 g/mol. The minimum absolute atomic E-state index is 0.642. The Bertz CT molecular complexity index is 661. The number of anilines is 1. The first-order valence-electron chi connectivity index (χ1n) is 6.72. The Labute approximate surface area is 125 Å². The monoisotopic (exact) mass is 281 g/mol. The number of nitrogen functional groups attached to an aromatic ring is 1. The van der Waals surface area contributed by atoms with E-state index in [0.29, 0.717) is 12.1 Å². The van der Waals surface area contributed by atoms with Crippen LogP contribution in [0.15, 0.2) is 42.5 Å². The molecule has 0 radical (unpaired) electrons. The number of rotatable bonds is 5. The molecule has 4 heteroatoms. The van der Waals surface area contributed by atoms with E-state index in [9.17, 15) is 0 Å². The highest BCUT2D eigenvalue weighted by Gasteiger charge is 2.08. The van der Waals surface area contributed by atoms with Crippen molar-refractivity contribution in [2.45, 2.75) is 13.1 Å². The van der Waals surface area contributed by atoms with Crippen LogP contribution >= 0.6 is 0 Å². The van der Waals surface area contributed by atoms with Gasteiger partial charge in [0.05, 0.1) is 18.7 Å². The Kier molecular flexibility index (Phi) is 4.81. The van der Waals surface area contributed by atoms with Gasteiger partial charge in [0.1, 0.15) is 5.75 Å². The van der Waals surface area contributed by atoms with Crippen LogP contribution in [0.5, 0.6) is 5.75 Å². The first kappa shape index (κ1) is 14.9. The lowest BCUT2D eigenvalue weighted by Crippen LogP contribution is -2.18. The number of benzene rings is 2. The Morgan fingerprint density at radius 2 is 2.00 bits per heavy atom. The van der Waals surface area contributed by atoms with Gasteiger partial charge >= 0.3 is 0 Å². The number of nitriles is 1. The number of hydrogen-bond donors (Lipinski definition) is 1. The van der Waals surface area contributed by atoms with Gasteiger partial charge in [0.15, 0.2) is 0 Å². The third kappa shape index (κ3) is 3.98. The predicted octanol–water partition coefficient (Wildman–Crippen LogP) is 2.78. The number of methoxy groups -OCH3 is 1. The second-order valence-corrected chi connectivity index (χ2v) is 5.06. The highest BCUT2D eigenvalue weighted by Crippen LogP contribution is 2.22. The van der Waals surface area contributed by atoms with Crippen LogP contribution in [-0.4, -0.2) is 19.1 Å². The van der Waals surface area contributed by atoms with Crippen LogP contribution in [0.3, 0.4) is 0 Å². The van der Waals surface area contributed by atoms with Gasteiger partial charge in [-0.1, -0.05) is 12.1 Å². The first-order chi connectivity index (χ1) is 10.1. The van der Waals surface area contributed by atoms with Crippen LogP contribution in [-0.2, 0) is 13.1 Å². The van der Waals surface area contributed by atoms with Crippen molar-refractivity contribution in [3.8, 4) is 11.8 Å². The molecule has 0 aromatic heterocycles. The summed E-state index contributed by atoms with van der Waals surface area (Å²) >= 11 is 0. The van der Waals surface area contributed by atoms with Crippen LogP contribution in [0.4, 0.5) is 5.69 Å². The molecule has 108 valence electrons. The topological polar surface area (TPSA) is 62.3 Å². The van der Waals surface area contributed by atoms with Gasteiger partial charge in [-0.25, -0.2) is 0 Å². The van der Waals surface area contributed by atoms with Gasteiger partial charge in [-0.15, -0.1) is 0 Å². The minimum Gasteiger partial charge on any atom is -0.496 e. The van der Waals surface area contributed by atoms with E-state index in [-0.39, 0.29) is 0 Å². The molecule has 0 aliphatic carbocycles. The predicted molar refractivity (Wildman–Crippen MR) is 83.7 cm³/mol. The average molecular weight is 281 g/mol. The zero-order valence-corrected chi connectivity index (χ0v) is 12.3. The Balaban J connectivity index is 2.12. The molecule has 4 nitrogen and oxygen atoms in total. The van der Waals surface area contributed by atoms with E-state index in [4.69, 9.17) is 15.7 Å². The highest BCUT2D eigenvalue weighted by molar-refractivity contribution is 5.42. The van der Waals surface area contributed by atoms with Crippen LogP contribution in [0.1, 0.15) is 16.7 Å². The fourth-order valence-corrected chi connectivity index (χ4v) is 2.32. The van der Waals surface area contributed by atoms with Crippen LogP contribution in [0.2, 0.25) is 0 Å². The molecule has 0 amide bonds. The van der Waals surface area contributed by atoms with Crippen molar-refractivity contribution in [1.82, 2.24) is 4.90 Å². The summed E-state index contributed by atoms with van der Waals surface area (Å²) < 4.78 is 5.36. The molecule has 0 heterocycles. The quantitative estimate of drug-likeness (QED) is 0.856. The summed E-state index contributed by atoms with van der Waals surface area (Å²) in [7, 11) is 3.67. The Morgan fingerprint density at radius 3 is 2.67 bits per heavy atom. The zero-order valence-electron chi connectivity index (χ0n) is 12.3. The van der Waals surface area contributed by atoms with E-state index in [0.717, 1.165) is 29.1 Å². The summed E-state index contributed by atoms with van der Waals surface area (Å²) in [5, 5.41) is 9.01. The fraction of sp³-hybridized carbons (Fsp3) is 0.235. The zero-order chi connectivity index (χ0) is 15.2. The van der Waals surface area contributed by atoms with Crippen LogP contribution in [0.25, 0.3) is 0 Å². The van der Waals surface area contributed by atoms with E-state index in [1.54, 1.807) is 13.2 Å². The second-order valence-electron chi connectivity index (χ2n) is 5.06. The largest absolute Gasteiger partial charge is 0.496 e. The number of hydrogen-bond acceptors (Lipinski definition) is 4. The van der Waals surface area contributed by atoms with Crippen molar-refractivity contribution in [2.24, 2.45) is 0 Å². The molecular formula is C17H19N3O. The average Bonchev–Trinajstić information content (AvgIpc) is 2.47. The summed E-state index contributed by atoms with van der Waals surface area (Å²) in [5.74, 6) is 0.799. The van der Waals surface area contributed by atoms with Crippen molar-refractivity contribution in [3.63, 3.8) is 0 Å². The van der Waals surface area contributed by atoms with Crippen LogP contribution < -0.4 is 10.5 Å². The van der Waals surface area contributed by atoms with E-state index >= 15 is 0 Å². The van der Waals surface area contributed by atoms with Gasteiger partial charge in [-0.2, -0.15) is 5.26 Å². The van der Waals surface area contributed by atoms with Crippen LogP contribution in [0, 0.1) is 11.3 Å². The summed E-state index contributed by atoms with van der Waals surface area (Å²) in [4.78, 5) is 2.16. The van der Waals surface area contributed by atoms with E-state index in [2.05, 4.69) is 17.0 Å². The molecule has 0 spiro atoms. The molecule has 2 rings (SSSR count). The lowest BCUT2D eigenvalue weighted by Gasteiger charge is -2.19. The van der Waals surface area contributed by atoms with Gasteiger partial charge in [0, 0.05) is 24.3 Å². The summed E-state index contributed by atoms with van der Waals surface area (Å²) in [6, 6.07) is 15.5. The van der Waals surface area contributed by atoms with Gasteiger partial charge in [0.25, 0.3) is 0 Å². The molecule has 21 heavy (non-hydrogen) atoms. The SMILES string of the molecule is COc1ccc(C#N)cc1CN(C)Cc1cccc(N)c1. The second kappa shape index (κ2) is 6.78. The van der Waals surface area contributed by atoms with Gasteiger partial charge in [0.2, 0.25) is 0 Å². The maximum Gasteiger partial charge on any atom is 0.123 e. The van der Waals surface area contributed by atoms with Gasteiger partial charge in [-0.3, -0.25) is 4.90 Å². The molecule has 0 aliphatic rings. The molecule has 0 atom stereocenters. The lowest BCUT2D eigenvalue weighted by molar-refractivity contribution is 0.310.